The minimum atomic E-state index is -0.352. The molecule has 0 spiro atoms. The number of aliphatic hydroxyl groups excluding tert-OH is 1. The highest BCUT2D eigenvalue weighted by Crippen LogP contribution is 2.29. The Kier molecular flexibility index (Phi) is 3.72. The number of aliphatic hydroxyl groups is 1. The van der Waals surface area contributed by atoms with Crippen LogP contribution in [0.3, 0.4) is 0 Å². The smallest absolute Gasteiger partial charge is 0.0924 e. The van der Waals surface area contributed by atoms with E-state index < -0.39 is 0 Å². The fraction of sp³-hybridized carbons (Fsp3) is 0.412. The fourth-order valence-electron chi connectivity index (χ4n) is 3.00. The number of hydrogen-bond donors (Lipinski definition) is 1. The highest BCUT2D eigenvalue weighted by molar-refractivity contribution is 7.10. The van der Waals surface area contributed by atoms with Gasteiger partial charge in [-0.2, -0.15) is 0 Å². The molecule has 0 bridgehead atoms. The molecule has 1 aromatic carbocycles. The molecule has 0 amide bonds. The molecule has 19 heavy (non-hydrogen) atoms. The molecule has 0 fully saturated rings. The Morgan fingerprint density at radius 2 is 2.05 bits per heavy atom. The molecule has 0 aliphatic heterocycles. The zero-order valence-corrected chi connectivity index (χ0v) is 12.2. The van der Waals surface area contributed by atoms with Crippen LogP contribution in [-0.2, 0) is 25.7 Å². The fourth-order valence-corrected chi connectivity index (χ4v) is 3.98. The van der Waals surface area contributed by atoms with Crippen molar-refractivity contribution in [3.63, 3.8) is 0 Å². The Labute approximate surface area is 118 Å². The van der Waals surface area contributed by atoms with Gasteiger partial charge in [0.15, 0.2) is 0 Å². The SMILES string of the molecule is CCc1ccsc1C(O)Cc1ccc2c(c1)CCC2. The molecule has 2 heteroatoms. The van der Waals surface area contributed by atoms with Crippen molar-refractivity contribution in [1.82, 2.24) is 0 Å². The molecule has 0 saturated carbocycles. The molecule has 1 unspecified atom stereocenters. The van der Waals surface area contributed by atoms with Crippen LogP contribution < -0.4 is 0 Å². The van der Waals surface area contributed by atoms with Gasteiger partial charge in [-0.25, -0.2) is 0 Å². The summed E-state index contributed by atoms with van der Waals surface area (Å²) >= 11 is 1.68. The molecule has 100 valence electrons. The maximum absolute atomic E-state index is 10.4. The van der Waals surface area contributed by atoms with Gasteiger partial charge in [0.25, 0.3) is 0 Å². The van der Waals surface area contributed by atoms with E-state index in [4.69, 9.17) is 0 Å². The summed E-state index contributed by atoms with van der Waals surface area (Å²) in [4.78, 5) is 1.14. The molecule has 1 atom stereocenters. The second kappa shape index (κ2) is 5.48. The first-order valence-corrected chi connectivity index (χ1v) is 8.01. The highest BCUT2D eigenvalue weighted by atomic mass is 32.1. The van der Waals surface area contributed by atoms with E-state index >= 15 is 0 Å². The zero-order chi connectivity index (χ0) is 13.2. The molecule has 1 aliphatic carbocycles. The predicted octanol–water partition coefficient (Wildman–Crippen LogP) is 4.08. The van der Waals surface area contributed by atoms with Crippen LogP contribution in [0.1, 0.15) is 46.6 Å². The van der Waals surface area contributed by atoms with Gasteiger partial charge < -0.3 is 5.11 Å². The minimum Gasteiger partial charge on any atom is -0.387 e. The summed E-state index contributed by atoms with van der Waals surface area (Å²) in [6.45, 7) is 2.15. The van der Waals surface area contributed by atoms with Crippen molar-refractivity contribution in [3.05, 3.63) is 56.8 Å². The van der Waals surface area contributed by atoms with E-state index in [-0.39, 0.29) is 6.10 Å². The van der Waals surface area contributed by atoms with Crippen LogP contribution in [-0.4, -0.2) is 5.11 Å². The van der Waals surface area contributed by atoms with E-state index in [2.05, 4.69) is 36.6 Å². The lowest BCUT2D eigenvalue weighted by Crippen LogP contribution is -2.02. The third-order valence-electron chi connectivity index (χ3n) is 4.06. The number of rotatable bonds is 4. The van der Waals surface area contributed by atoms with Crippen molar-refractivity contribution in [2.45, 2.75) is 45.1 Å². The molecule has 1 N–H and O–H groups in total. The van der Waals surface area contributed by atoms with E-state index in [1.807, 2.05) is 0 Å². The second-order valence-corrected chi connectivity index (χ2v) is 6.29. The number of thiophene rings is 1. The lowest BCUT2D eigenvalue weighted by Gasteiger charge is -2.12. The topological polar surface area (TPSA) is 20.2 Å². The average Bonchev–Trinajstić information content (AvgIpc) is 3.06. The first kappa shape index (κ1) is 12.9. The Morgan fingerprint density at radius 1 is 1.21 bits per heavy atom. The van der Waals surface area contributed by atoms with Gasteiger partial charge in [-0.1, -0.05) is 25.1 Å². The molecule has 0 saturated heterocycles. The van der Waals surface area contributed by atoms with Crippen molar-refractivity contribution < 1.29 is 5.11 Å². The molecule has 0 radical (unpaired) electrons. The third kappa shape index (κ3) is 2.60. The monoisotopic (exact) mass is 272 g/mol. The Morgan fingerprint density at radius 3 is 2.89 bits per heavy atom. The maximum Gasteiger partial charge on any atom is 0.0924 e. The van der Waals surface area contributed by atoms with E-state index in [9.17, 15) is 5.11 Å². The molecular formula is C17H20OS. The lowest BCUT2D eigenvalue weighted by molar-refractivity contribution is 0.181. The van der Waals surface area contributed by atoms with Crippen LogP contribution in [0, 0.1) is 0 Å². The van der Waals surface area contributed by atoms with Crippen molar-refractivity contribution in [2.75, 3.05) is 0 Å². The van der Waals surface area contributed by atoms with Gasteiger partial charge >= 0.3 is 0 Å². The van der Waals surface area contributed by atoms with Crippen LogP contribution in [0.2, 0.25) is 0 Å². The minimum absolute atomic E-state index is 0.352. The second-order valence-electron chi connectivity index (χ2n) is 5.34. The van der Waals surface area contributed by atoms with Gasteiger partial charge in [-0.15, -0.1) is 11.3 Å². The van der Waals surface area contributed by atoms with Crippen molar-refractivity contribution in [2.24, 2.45) is 0 Å². The summed E-state index contributed by atoms with van der Waals surface area (Å²) < 4.78 is 0. The molecular weight excluding hydrogens is 252 g/mol. The summed E-state index contributed by atoms with van der Waals surface area (Å²) in [5.41, 5.74) is 5.55. The predicted molar refractivity (Wildman–Crippen MR) is 80.8 cm³/mol. The number of aryl methyl sites for hydroxylation is 3. The van der Waals surface area contributed by atoms with E-state index in [1.54, 1.807) is 11.3 Å². The summed E-state index contributed by atoms with van der Waals surface area (Å²) in [7, 11) is 0. The molecule has 1 aliphatic rings. The van der Waals surface area contributed by atoms with Gasteiger partial charge in [0.2, 0.25) is 0 Å². The van der Waals surface area contributed by atoms with E-state index in [0.717, 1.165) is 17.7 Å². The Bertz CT molecular complexity index is 570. The summed E-state index contributed by atoms with van der Waals surface area (Å²) in [5, 5.41) is 12.5. The number of hydrogen-bond acceptors (Lipinski definition) is 2. The van der Waals surface area contributed by atoms with Crippen LogP contribution in [0.4, 0.5) is 0 Å². The van der Waals surface area contributed by atoms with Crippen molar-refractivity contribution in [3.8, 4) is 0 Å². The molecule has 1 heterocycles. The van der Waals surface area contributed by atoms with Gasteiger partial charge in [0, 0.05) is 11.3 Å². The average molecular weight is 272 g/mol. The van der Waals surface area contributed by atoms with Crippen LogP contribution >= 0.6 is 11.3 Å². The Hall–Kier alpha value is -1.12. The normalized spacial score (nSPS) is 15.5. The highest BCUT2D eigenvalue weighted by Gasteiger charge is 2.16. The van der Waals surface area contributed by atoms with E-state index in [1.165, 1.54) is 41.5 Å². The standard InChI is InChI=1S/C17H20OS/c1-2-13-8-9-19-17(13)16(18)11-12-6-7-14-4-3-5-15(14)10-12/h6-10,16,18H,2-5,11H2,1H3. The molecule has 1 aromatic heterocycles. The summed E-state index contributed by atoms with van der Waals surface area (Å²) in [6, 6.07) is 8.86. The van der Waals surface area contributed by atoms with Gasteiger partial charge in [-0.05, 0) is 59.4 Å². The van der Waals surface area contributed by atoms with Crippen molar-refractivity contribution >= 4 is 11.3 Å². The first-order chi connectivity index (χ1) is 9.28. The van der Waals surface area contributed by atoms with Gasteiger partial charge in [0.05, 0.1) is 6.10 Å². The van der Waals surface area contributed by atoms with E-state index in [0.29, 0.717) is 0 Å². The molecule has 2 aromatic rings. The summed E-state index contributed by atoms with van der Waals surface area (Å²) in [5.74, 6) is 0. The van der Waals surface area contributed by atoms with Gasteiger partial charge in [0.1, 0.15) is 0 Å². The van der Waals surface area contributed by atoms with Crippen LogP contribution in [0.15, 0.2) is 29.6 Å². The number of fused-ring (bicyclic) bond motifs is 1. The third-order valence-corrected chi connectivity index (χ3v) is 5.12. The number of benzene rings is 1. The molecule has 1 nitrogen and oxygen atoms in total. The van der Waals surface area contributed by atoms with Crippen LogP contribution in [0.5, 0.6) is 0 Å². The quantitative estimate of drug-likeness (QED) is 0.889. The zero-order valence-electron chi connectivity index (χ0n) is 11.4. The first-order valence-electron chi connectivity index (χ1n) is 7.13. The Balaban J connectivity index is 1.78. The van der Waals surface area contributed by atoms with Crippen molar-refractivity contribution in [1.29, 1.82) is 0 Å². The van der Waals surface area contributed by atoms with Gasteiger partial charge in [-0.3, -0.25) is 0 Å². The maximum atomic E-state index is 10.4. The summed E-state index contributed by atoms with van der Waals surface area (Å²) in [6.07, 6.45) is 5.10. The largest absolute Gasteiger partial charge is 0.387 e. The lowest BCUT2D eigenvalue weighted by atomic mass is 10.00. The molecule has 3 rings (SSSR count). The van der Waals surface area contributed by atoms with Crippen LogP contribution in [0.25, 0.3) is 0 Å².